The maximum absolute atomic E-state index is 2.76. The van der Waals surface area contributed by atoms with Crippen molar-refractivity contribution in [2.45, 2.75) is 44.8 Å². The lowest BCUT2D eigenvalue weighted by molar-refractivity contribution is 0.675. The van der Waals surface area contributed by atoms with Gasteiger partial charge in [-0.15, -0.1) is 34.9 Å². The smallest absolute Gasteiger partial charge is 0.0694 e. The molecule has 7 aromatic carbocycles. The zero-order valence-corrected chi connectivity index (χ0v) is 33.6. The van der Waals surface area contributed by atoms with Gasteiger partial charge in [-0.25, -0.2) is 0 Å². The molecule has 8 aromatic rings. The minimum atomic E-state index is 0.161. The van der Waals surface area contributed by atoms with Crippen LogP contribution in [0.25, 0.3) is 36.9 Å². The van der Waals surface area contributed by atoms with E-state index in [0.717, 1.165) is 6.42 Å². The Labute approximate surface area is 346 Å². The third kappa shape index (κ3) is 5.55. The normalized spacial score (nSPS) is 21.6. The van der Waals surface area contributed by atoms with E-state index in [4.69, 9.17) is 0 Å². The molecule has 2 nitrogen and oxygen atoms in total. The molecule has 0 amide bonds. The number of thiophene rings is 1. The highest BCUT2D eigenvalue weighted by Crippen LogP contribution is 2.65. The second kappa shape index (κ2) is 13.6. The summed E-state index contributed by atoms with van der Waals surface area (Å²) in [4.78, 5) is 8.19. The molecule has 0 saturated carbocycles. The number of allylic oxidation sites excluding steroid dienone is 2. The number of fused-ring (bicyclic) bond motifs is 10. The van der Waals surface area contributed by atoms with Crippen molar-refractivity contribution >= 4 is 77.7 Å². The number of hydrogen-bond donors (Lipinski definition) is 0. The van der Waals surface area contributed by atoms with Gasteiger partial charge < -0.3 is 9.80 Å². The van der Waals surface area contributed by atoms with Crippen molar-refractivity contribution in [1.29, 1.82) is 0 Å². The summed E-state index contributed by atoms with van der Waals surface area (Å²) in [7, 11) is 0. The van der Waals surface area contributed by atoms with Gasteiger partial charge in [0, 0.05) is 57.5 Å². The van der Waals surface area contributed by atoms with E-state index in [1.54, 1.807) is 0 Å². The molecule has 57 heavy (non-hydrogen) atoms. The number of hydrogen-bond acceptors (Lipinski definition) is 5. The topological polar surface area (TPSA) is 6.48 Å². The fourth-order valence-corrected chi connectivity index (χ4v) is 14.2. The van der Waals surface area contributed by atoms with Gasteiger partial charge in [0.25, 0.3) is 0 Å². The second-order valence-electron chi connectivity index (χ2n) is 15.5. The summed E-state index contributed by atoms with van der Waals surface area (Å²) in [5.74, 6) is 0. The fourth-order valence-electron chi connectivity index (χ4n) is 9.79. The highest BCUT2D eigenvalue weighted by molar-refractivity contribution is 8.04. The molecule has 1 aliphatic carbocycles. The number of nitrogens with zero attached hydrogens (tertiary/aromatic N) is 2. The molecule has 0 N–H and O–H groups in total. The van der Waals surface area contributed by atoms with Crippen molar-refractivity contribution in [3.63, 3.8) is 0 Å². The standard InChI is InChI=1S/C52H38N2S3/c1-2-11-33(12-3-1)35-13-10-14-40(31-35)53(37-24-21-34(22-25-37)36-23-30-42-41-15-4-7-18-45(41)55-48(42)32-36)38-26-28-39(29-27-38)54-49-43-16-5-8-19-46(43)56-51(49)52-50(54)44-17-6-9-20-47(44)57-52/h1-30,32,40,49-52H,31H2. The fraction of sp³-hybridized carbons (Fsp3) is 0.115. The first-order chi connectivity index (χ1) is 28.2. The van der Waals surface area contributed by atoms with E-state index in [0.29, 0.717) is 22.6 Å². The molecule has 1 saturated heterocycles. The van der Waals surface area contributed by atoms with Crippen LogP contribution in [-0.4, -0.2) is 16.5 Å². The van der Waals surface area contributed by atoms with E-state index in [1.807, 2.05) is 11.3 Å². The van der Waals surface area contributed by atoms with E-state index in [2.05, 4.69) is 221 Å². The average molecular weight is 787 g/mol. The van der Waals surface area contributed by atoms with Gasteiger partial charge in [0.15, 0.2) is 0 Å². The predicted octanol–water partition coefficient (Wildman–Crippen LogP) is 14.5. The summed E-state index contributed by atoms with van der Waals surface area (Å²) in [6.07, 6.45) is 7.84. The quantitative estimate of drug-likeness (QED) is 0.166. The zero-order chi connectivity index (χ0) is 37.5. The summed E-state index contributed by atoms with van der Waals surface area (Å²) < 4.78 is 2.68. The van der Waals surface area contributed by atoms with Crippen molar-refractivity contribution in [3.8, 4) is 11.1 Å². The summed E-state index contributed by atoms with van der Waals surface area (Å²) in [5, 5.41) is 3.70. The third-order valence-corrected chi connectivity index (χ3v) is 16.6. The van der Waals surface area contributed by atoms with Gasteiger partial charge in [0.1, 0.15) is 0 Å². The molecule has 1 fully saturated rings. The first kappa shape index (κ1) is 33.7. The van der Waals surface area contributed by atoms with Gasteiger partial charge in [-0.05, 0) is 100 Å². The summed E-state index contributed by atoms with van der Waals surface area (Å²) in [5.41, 5.74) is 11.8. The van der Waals surface area contributed by atoms with Gasteiger partial charge >= 0.3 is 0 Å². The van der Waals surface area contributed by atoms with Gasteiger partial charge in [0.05, 0.1) is 18.1 Å². The van der Waals surface area contributed by atoms with Gasteiger partial charge in [-0.2, -0.15) is 0 Å². The molecule has 5 atom stereocenters. The lowest BCUT2D eigenvalue weighted by Crippen LogP contribution is -2.31. The lowest BCUT2D eigenvalue weighted by Gasteiger charge is -2.36. The molecular formula is C52H38N2S3. The predicted molar refractivity (Wildman–Crippen MR) is 245 cm³/mol. The van der Waals surface area contributed by atoms with Gasteiger partial charge in [0.2, 0.25) is 0 Å². The van der Waals surface area contributed by atoms with E-state index in [-0.39, 0.29) is 6.04 Å². The van der Waals surface area contributed by atoms with Crippen LogP contribution in [0.2, 0.25) is 0 Å². The second-order valence-corrected chi connectivity index (χ2v) is 19.0. The van der Waals surface area contributed by atoms with Crippen molar-refractivity contribution < 1.29 is 0 Å². The monoisotopic (exact) mass is 786 g/mol. The van der Waals surface area contributed by atoms with Crippen molar-refractivity contribution in [1.82, 2.24) is 0 Å². The first-order valence-electron chi connectivity index (χ1n) is 19.9. The molecule has 12 rings (SSSR count). The maximum atomic E-state index is 2.76. The van der Waals surface area contributed by atoms with Crippen LogP contribution in [0.1, 0.15) is 35.2 Å². The highest BCUT2D eigenvalue weighted by atomic mass is 32.2. The molecule has 274 valence electrons. The zero-order valence-electron chi connectivity index (χ0n) is 31.1. The van der Waals surface area contributed by atoms with Crippen LogP contribution in [0.3, 0.4) is 0 Å². The molecule has 0 radical (unpaired) electrons. The Hall–Kier alpha value is -5.46. The van der Waals surface area contributed by atoms with Gasteiger partial charge in [-0.1, -0.05) is 127 Å². The molecule has 5 unspecified atom stereocenters. The Bertz CT molecular complexity index is 2820. The van der Waals surface area contributed by atoms with Crippen molar-refractivity contribution in [2.75, 3.05) is 9.80 Å². The molecule has 5 heteroatoms. The lowest BCUT2D eigenvalue weighted by atomic mass is 9.92. The summed E-state index contributed by atoms with van der Waals surface area (Å²) in [6.45, 7) is 0. The number of anilines is 3. The molecule has 0 spiro atoms. The van der Waals surface area contributed by atoms with E-state index in [1.165, 1.54) is 80.4 Å². The van der Waals surface area contributed by atoms with Crippen LogP contribution in [0.15, 0.2) is 198 Å². The molecular weight excluding hydrogens is 749 g/mol. The molecule has 4 aliphatic rings. The minimum absolute atomic E-state index is 0.161. The summed E-state index contributed by atoms with van der Waals surface area (Å²) >= 11 is 6.06. The first-order valence-corrected chi connectivity index (χ1v) is 22.5. The van der Waals surface area contributed by atoms with Crippen LogP contribution in [0.4, 0.5) is 17.1 Å². The van der Waals surface area contributed by atoms with E-state index >= 15 is 0 Å². The molecule has 0 bridgehead atoms. The number of benzene rings is 7. The Balaban J connectivity index is 0.920. The van der Waals surface area contributed by atoms with Crippen LogP contribution >= 0.6 is 34.9 Å². The highest BCUT2D eigenvalue weighted by Gasteiger charge is 2.57. The molecule has 3 aliphatic heterocycles. The largest absolute Gasteiger partial charge is 0.355 e. The van der Waals surface area contributed by atoms with Crippen LogP contribution in [0, 0.1) is 0 Å². The van der Waals surface area contributed by atoms with Crippen LogP contribution < -0.4 is 9.80 Å². The Morgan fingerprint density at radius 2 is 1.11 bits per heavy atom. The van der Waals surface area contributed by atoms with Crippen LogP contribution in [-0.2, 0) is 0 Å². The minimum Gasteiger partial charge on any atom is -0.355 e. The van der Waals surface area contributed by atoms with Crippen molar-refractivity contribution in [3.05, 3.63) is 205 Å². The summed E-state index contributed by atoms with van der Waals surface area (Å²) in [6, 6.07) is 64.4. The third-order valence-electron chi connectivity index (χ3n) is 12.4. The van der Waals surface area contributed by atoms with Crippen LogP contribution in [0.5, 0.6) is 0 Å². The Morgan fingerprint density at radius 3 is 1.82 bits per heavy atom. The number of rotatable bonds is 6. The van der Waals surface area contributed by atoms with E-state index < -0.39 is 0 Å². The van der Waals surface area contributed by atoms with Gasteiger partial charge in [-0.3, -0.25) is 0 Å². The molecule has 1 aromatic heterocycles. The Morgan fingerprint density at radius 1 is 0.509 bits per heavy atom. The molecule has 4 heterocycles. The Kier molecular flexibility index (Phi) is 8.02. The van der Waals surface area contributed by atoms with Crippen molar-refractivity contribution in [2.24, 2.45) is 0 Å². The SMILES string of the molecule is C1=CC(N(c2ccc(-c3ccc4c(c3)sc3ccccc34)cc2)c2ccc(N3C4c5ccccc5SC4C4Sc5ccccc5C43)cc2)CC(c2ccccc2)=C1. The van der Waals surface area contributed by atoms with E-state index in [9.17, 15) is 0 Å². The maximum Gasteiger partial charge on any atom is 0.0694 e. The number of thioether (sulfide) groups is 2. The average Bonchev–Trinajstić information content (AvgIpc) is 4.03.